The van der Waals surface area contributed by atoms with Crippen molar-refractivity contribution in [1.29, 1.82) is 0 Å². The standard InChI is InChI=1S/C15H22N2O2S/c1-12-4-3-5-13(10-12)11-16-8-6-15-14(16)7-9-17(15)20(2,18)19/h3-5,10,14-15H,6-9,11H2,1-2H3/t14-,15+/m1/s1. The molecule has 2 saturated heterocycles. The Bertz CT molecular complexity index is 600. The van der Waals surface area contributed by atoms with Gasteiger partial charge < -0.3 is 0 Å². The number of hydrogen-bond donors (Lipinski definition) is 0. The maximum absolute atomic E-state index is 11.8. The number of hydrogen-bond acceptors (Lipinski definition) is 3. The summed E-state index contributed by atoms with van der Waals surface area (Å²) in [7, 11) is -3.05. The van der Waals surface area contributed by atoms with Crippen LogP contribution in [-0.2, 0) is 16.6 Å². The minimum atomic E-state index is -3.05. The Hall–Kier alpha value is -0.910. The van der Waals surface area contributed by atoms with E-state index in [0.29, 0.717) is 12.6 Å². The largest absolute Gasteiger partial charge is 0.294 e. The second kappa shape index (κ2) is 5.13. The molecule has 0 aromatic heterocycles. The van der Waals surface area contributed by atoms with Crippen LogP contribution in [0.2, 0.25) is 0 Å². The molecule has 2 heterocycles. The first-order chi connectivity index (χ1) is 9.45. The third-order valence-corrected chi connectivity index (χ3v) is 5.84. The van der Waals surface area contributed by atoms with Crippen molar-refractivity contribution >= 4 is 10.0 Å². The third-order valence-electron chi connectivity index (χ3n) is 4.53. The number of rotatable bonds is 3. The van der Waals surface area contributed by atoms with Gasteiger partial charge >= 0.3 is 0 Å². The molecule has 1 aromatic rings. The van der Waals surface area contributed by atoms with Crippen LogP contribution < -0.4 is 0 Å². The van der Waals surface area contributed by atoms with Gasteiger partial charge in [-0.15, -0.1) is 0 Å². The average Bonchev–Trinajstić information content (AvgIpc) is 2.91. The minimum Gasteiger partial charge on any atom is -0.294 e. The van der Waals surface area contributed by atoms with Gasteiger partial charge in [-0.25, -0.2) is 8.42 Å². The van der Waals surface area contributed by atoms with Gasteiger partial charge in [-0.1, -0.05) is 29.8 Å². The normalized spacial score (nSPS) is 27.9. The third kappa shape index (κ3) is 2.62. The first-order valence-corrected chi connectivity index (χ1v) is 9.06. The molecule has 0 saturated carbocycles. The van der Waals surface area contributed by atoms with E-state index in [1.54, 1.807) is 4.31 Å². The molecule has 2 atom stereocenters. The highest BCUT2D eigenvalue weighted by Crippen LogP contribution is 2.34. The van der Waals surface area contributed by atoms with Crippen LogP contribution in [-0.4, -0.2) is 49.1 Å². The number of likely N-dealkylation sites (tertiary alicyclic amines) is 1. The summed E-state index contributed by atoms with van der Waals surface area (Å²) in [5.41, 5.74) is 2.60. The Morgan fingerprint density at radius 3 is 2.65 bits per heavy atom. The lowest BCUT2D eigenvalue weighted by atomic mass is 10.1. The number of aryl methyl sites for hydroxylation is 1. The predicted molar refractivity (Wildman–Crippen MR) is 79.9 cm³/mol. The van der Waals surface area contributed by atoms with Crippen molar-refractivity contribution in [1.82, 2.24) is 9.21 Å². The van der Waals surface area contributed by atoms with Gasteiger partial charge in [-0.2, -0.15) is 4.31 Å². The summed E-state index contributed by atoms with van der Waals surface area (Å²) in [5.74, 6) is 0. The molecule has 0 spiro atoms. The van der Waals surface area contributed by atoms with E-state index in [2.05, 4.69) is 36.1 Å². The molecule has 20 heavy (non-hydrogen) atoms. The fraction of sp³-hybridized carbons (Fsp3) is 0.600. The molecule has 0 radical (unpaired) electrons. The second-order valence-electron chi connectivity index (χ2n) is 6.05. The van der Waals surface area contributed by atoms with Gasteiger partial charge in [-0.3, -0.25) is 4.90 Å². The molecule has 1 aromatic carbocycles. The zero-order valence-corrected chi connectivity index (χ0v) is 12.9. The summed E-state index contributed by atoms with van der Waals surface area (Å²) in [4.78, 5) is 2.45. The SMILES string of the molecule is Cc1cccc(CN2CC[C@H]3[C@H]2CCN3S(C)(=O)=O)c1. The quantitative estimate of drug-likeness (QED) is 0.850. The predicted octanol–water partition coefficient (Wildman–Crippen LogP) is 1.60. The Kier molecular flexibility index (Phi) is 3.60. The molecule has 4 nitrogen and oxygen atoms in total. The molecule has 3 rings (SSSR count). The van der Waals surface area contributed by atoms with Crippen LogP contribution in [0.5, 0.6) is 0 Å². The summed E-state index contributed by atoms with van der Waals surface area (Å²) >= 11 is 0. The first kappa shape index (κ1) is 14.0. The summed E-state index contributed by atoms with van der Waals surface area (Å²) in [5, 5.41) is 0. The summed E-state index contributed by atoms with van der Waals surface area (Å²) in [6.45, 7) is 4.71. The van der Waals surface area contributed by atoms with E-state index in [1.165, 1.54) is 17.4 Å². The molecule has 2 aliphatic rings. The van der Waals surface area contributed by atoms with Crippen molar-refractivity contribution in [2.24, 2.45) is 0 Å². The number of sulfonamides is 1. The molecule has 0 aliphatic carbocycles. The van der Waals surface area contributed by atoms with Crippen LogP contribution in [0.15, 0.2) is 24.3 Å². The van der Waals surface area contributed by atoms with Gasteiger partial charge in [0.15, 0.2) is 0 Å². The highest BCUT2D eigenvalue weighted by Gasteiger charge is 2.45. The molecule has 2 fully saturated rings. The summed E-state index contributed by atoms with van der Waals surface area (Å²) < 4.78 is 25.3. The molecular weight excluding hydrogens is 272 g/mol. The molecule has 110 valence electrons. The number of benzene rings is 1. The fourth-order valence-corrected chi connectivity index (χ4v) is 4.86. The van der Waals surface area contributed by atoms with Gasteiger partial charge in [-0.05, 0) is 25.3 Å². The lowest BCUT2D eigenvalue weighted by molar-refractivity contribution is 0.240. The van der Waals surface area contributed by atoms with Crippen LogP contribution in [0.3, 0.4) is 0 Å². The Morgan fingerprint density at radius 1 is 1.20 bits per heavy atom. The van der Waals surface area contributed by atoms with Crippen molar-refractivity contribution in [2.45, 2.75) is 38.4 Å². The lowest BCUT2D eigenvalue weighted by Gasteiger charge is -2.24. The van der Waals surface area contributed by atoms with Crippen LogP contribution >= 0.6 is 0 Å². The highest BCUT2D eigenvalue weighted by molar-refractivity contribution is 7.88. The highest BCUT2D eigenvalue weighted by atomic mass is 32.2. The maximum atomic E-state index is 11.8. The van der Waals surface area contributed by atoms with Crippen LogP contribution in [0.4, 0.5) is 0 Å². The zero-order chi connectivity index (χ0) is 14.3. The van der Waals surface area contributed by atoms with Crippen molar-refractivity contribution in [2.75, 3.05) is 19.3 Å². The smallest absolute Gasteiger partial charge is 0.211 e. The van der Waals surface area contributed by atoms with Gasteiger partial charge in [0.1, 0.15) is 0 Å². The van der Waals surface area contributed by atoms with Crippen molar-refractivity contribution in [3.8, 4) is 0 Å². The molecule has 0 N–H and O–H groups in total. The maximum Gasteiger partial charge on any atom is 0.211 e. The van der Waals surface area contributed by atoms with E-state index >= 15 is 0 Å². The van der Waals surface area contributed by atoms with Crippen molar-refractivity contribution in [3.05, 3.63) is 35.4 Å². The molecule has 0 unspecified atom stereocenters. The van der Waals surface area contributed by atoms with E-state index in [-0.39, 0.29) is 6.04 Å². The van der Waals surface area contributed by atoms with Crippen molar-refractivity contribution < 1.29 is 8.42 Å². The zero-order valence-electron chi connectivity index (χ0n) is 12.1. The van der Waals surface area contributed by atoms with Gasteiger partial charge in [0.25, 0.3) is 0 Å². The Morgan fingerprint density at radius 2 is 1.95 bits per heavy atom. The van der Waals surface area contributed by atoms with Gasteiger partial charge in [0.05, 0.1) is 6.26 Å². The van der Waals surface area contributed by atoms with Crippen LogP contribution in [0.1, 0.15) is 24.0 Å². The fourth-order valence-electron chi connectivity index (χ4n) is 3.69. The lowest BCUT2D eigenvalue weighted by Crippen LogP contribution is -2.38. The van der Waals surface area contributed by atoms with E-state index in [0.717, 1.165) is 25.9 Å². The molecule has 2 aliphatic heterocycles. The second-order valence-corrected chi connectivity index (χ2v) is 7.98. The van der Waals surface area contributed by atoms with Gasteiger partial charge in [0, 0.05) is 31.7 Å². The first-order valence-electron chi connectivity index (χ1n) is 7.21. The van der Waals surface area contributed by atoms with Crippen molar-refractivity contribution in [3.63, 3.8) is 0 Å². The summed E-state index contributed by atoms with van der Waals surface area (Å²) in [6.07, 6.45) is 3.26. The Labute approximate surface area is 121 Å². The Balaban J connectivity index is 1.73. The molecule has 0 amide bonds. The minimum absolute atomic E-state index is 0.190. The van der Waals surface area contributed by atoms with Crippen LogP contribution in [0.25, 0.3) is 0 Å². The van der Waals surface area contributed by atoms with E-state index in [1.807, 2.05) is 0 Å². The van der Waals surface area contributed by atoms with E-state index in [9.17, 15) is 8.42 Å². The van der Waals surface area contributed by atoms with Gasteiger partial charge in [0.2, 0.25) is 10.0 Å². The van der Waals surface area contributed by atoms with Crippen LogP contribution in [0, 0.1) is 6.92 Å². The summed E-state index contributed by atoms with van der Waals surface area (Å²) in [6, 6.07) is 9.16. The average molecular weight is 294 g/mol. The number of nitrogens with zero attached hydrogens (tertiary/aromatic N) is 2. The molecular formula is C15H22N2O2S. The van der Waals surface area contributed by atoms with E-state index < -0.39 is 10.0 Å². The van der Waals surface area contributed by atoms with E-state index in [4.69, 9.17) is 0 Å². The monoisotopic (exact) mass is 294 g/mol. The number of fused-ring (bicyclic) bond motifs is 1. The molecule has 5 heteroatoms. The topological polar surface area (TPSA) is 40.6 Å². The molecule has 0 bridgehead atoms.